The number of oxime groups is 1. The van der Waals surface area contributed by atoms with Crippen LogP contribution in [0.5, 0.6) is 0 Å². The minimum absolute atomic E-state index is 0.440. The molecule has 0 spiro atoms. The molecule has 1 unspecified atom stereocenters. The third kappa shape index (κ3) is 5.19. The molecule has 0 saturated heterocycles. The van der Waals surface area contributed by atoms with Gasteiger partial charge in [0.25, 0.3) is 10.2 Å². The maximum Gasteiger partial charge on any atom is 0.402 e. The Morgan fingerprint density at radius 2 is 2.06 bits per heavy atom. The summed E-state index contributed by atoms with van der Waals surface area (Å²) in [7, 11) is -3.36. The van der Waals surface area contributed by atoms with Crippen LogP contribution in [0.15, 0.2) is 5.16 Å². The summed E-state index contributed by atoms with van der Waals surface area (Å²) in [5.74, 6) is -0.440. The van der Waals surface area contributed by atoms with Gasteiger partial charge in [0.15, 0.2) is 5.84 Å². The third-order valence-corrected chi connectivity index (χ3v) is 3.51. The van der Waals surface area contributed by atoms with E-state index in [-0.39, 0.29) is 0 Å². The lowest BCUT2D eigenvalue weighted by Crippen LogP contribution is -2.50. The van der Waals surface area contributed by atoms with Gasteiger partial charge in [-0.3, -0.25) is 0 Å². The first kappa shape index (κ1) is 15.9. The van der Waals surface area contributed by atoms with E-state index in [1.165, 1.54) is 11.6 Å². The zero-order valence-corrected chi connectivity index (χ0v) is 9.88. The second-order valence-electron chi connectivity index (χ2n) is 3.16. The molecule has 0 amide bonds. The Bertz CT molecular complexity index is 380. The number of rotatable bonds is 5. The van der Waals surface area contributed by atoms with Crippen LogP contribution in [0.3, 0.4) is 0 Å². The topological polar surface area (TPSA) is 108 Å². The average Bonchev–Trinajstić information content (AvgIpc) is 2.22. The molecule has 0 aromatic heterocycles. The van der Waals surface area contributed by atoms with E-state index in [1.54, 1.807) is 0 Å². The van der Waals surface area contributed by atoms with Crippen LogP contribution in [-0.4, -0.2) is 49.6 Å². The molecular formula is C6H13F3N4O3S. The zero-order valence-electron chi connectivity index (χ0n) is 9.06. The van der Waals surface area contributed by atoms with Crippen molar-refractivity contribution in [2.75, 3.05) is 13.6 Å². The number of hydrogen-bond acceptors (Lipinski definition) is 4. The molecule has 0 saturated carbocycles. The quantitative estimate of drug-likeness (QED) is 0.271. The molecule has 0 aromatic carbocycles. The highest BCUT2D eigenvalue weighted by Crippen LogP contribution is 2.13. The van der Waals surface area contributed by atoms with E-state index >= 15 is 0 Å². The standard InChI is InChI=1S/C6H13F3N4O3S/c1-4(5(10)12-14)13(2)17(15,16)11-3-6(7,8)9/h4,11,14H,3H2,1-2H3,(H2,10,12). The molecule has 0 heterocycles. The van der Waals surface area contributed by atoms with Gasteiger partial charge in [-0.05, 0) is 6.92 Å². The van der Waals surface area contributed by atoms with Crippen molar-refractivity contribution in [2.24, 2.45) is 10.9 Å². The lowest BCUT2D eigenvalue weighted by atomic mass is 10.3. The Labute approximate surface area is 96.2 Å². The molecule has 0 radical (unpaired) electrons. The van der Waals surface area contributed by atoms with Crippen LogP contribution >= 0.6 is 0 Å². The summed E-state index contributed by atoms with van der Waals surface area (Å²) in [5, 5.41) is 10.9. The van der Waals surface area contributed by atoms with Crippen molar-refractivity contribution in [2.45, 2.75) is 19.1 Å². The minimum Gasteiger partial charge on any atom is -0.409 e. The average molecular weight is 278 g/mol. The van der Waals surface area contributed by atoms with Crippen LogP contribution in [0.4, 0.5) is 13.2 Å². The summed E-state index contributed by atoms with van der Waals surface area (Å²) in [4.78, 5) is 0. The summed E-state index contributed by atoms with van der Waals surface area (Å²) >= 11 is 0. The fourth-order valence-corrected chi connectivity index (χ4v) is 1.83. The van der Waals surface area contributed by atoms with Crippen molar-refractivity contribution >= 4 is 16.0 Å². The molecule has 102 valence electrons. The predicted molar refractivity (Wildman–Crippen MR) is 53.6 cm³/mol. The highest BCUT2D eigenvalue weighted by atomic mass is 32.2. The van der Waals surface area contributed by atoms with Gasteiger partial charge in [-0.2, -0.15) is 30.6 Å². The van der Waals surface area contributed by atoms with Gasteiger partial charge < -0.3 is 10.9 Å². The van der Waals surface area contributed by atoms with E-state index in [4.69, 9.17) is 10.9 Å². The highest BCUT2D eigenvalue weighted by Gasteiger charge is 2.32. The number of nitrogens with two attached hydrogens (primary N) is 1. The van der Waals surface area contributed by atoms with Crippen LogP contribution in [0.2, 0.25) is 0 Å². The number of likely N-dealkylation sites (N-methyl/N-ethyl adjacent to an activating group) is 1. The fourth-order valence-electron chi connectivity index (χ4n) is 0.753. The van der Waals surface area contributed by atoms with Crippen molar-refractivity contribution in [3.05, 3.63) is 0 Å². The van der Waals surface area contributed by atoms with Gasteiger partial charge in [-0.25, -0.2) is 0 Å². The summed E-state index contributed by atoms with van der Waals surface area (Å²) in [6.45, 7) is -0.440. The van der Waals surface area contributed by atoms with Gasteiger partial charge >= 0.3 is 6.18 Å². The molecule has 0 fully saturated rings. The van der Waals surface area contributed by atoms with Crippen molar-refractivity contribution in [3.8, 4) is 0 Å². The molecule has 0 aliphatic rings. The fraction of sp³-hybridized carbons (Fsp3) is 0.833. The molecule has 4 N–H and O–H groups in total. The first-order valence-corrected chi connectivity index (χ1v) is 5.72. The molecule has 0 bridgehead atoms. The second-order valence-corrected chi connectivity index (χ2v) is 4.97. The van der Waals surface area contributed by atoms with Crippen molar-refractivity contribution in [3.63, 3.8) is 0 Å². The maximum atomic E-state index is 11.8. The summed E-state index contributed by atoms with van der Waals surface area (Å²) < 4.78 is 60.1. The van der Waals surface area contributed by atoms with E-state index in [0.717, 1.165) is 7.05 Å². The lowest BCUT2D eigenvalue weighted by Gasteiger charge is -2.23. The molecule has 7 nitrogen and oxygen atoms in total. The van der Waals surface area contributed by atoms with Gasteiger partial charge in [-0.1, -0.05) is 5.16 Å². The van der Waals surface area contributed by atoms with E-state index in [0.29, 0.717) is 4.31 Å². The number of nitrogens with zero attached hydrogens (tertiary/aromatic N) is 2. The van der Waals surface area contributed by atoms with E-state index < -0.39 is 34.8 Å². The van der Waals surface area contributed by atoms with E-state index in [2.05, 4.69) is 5.16 Å². The number of nitrogens with one attached hydrogen (secondary N) is 1. The number of halogens is 3. The second kappa shape index (κ2) is 5.51. The summed E-state index contributed by atoms with van der Waals surface area (Å²) in [6.07, 6.45) is -4.66. The van der Waals surface area contributed by atoms with E-state index in [9.17, 15) is 21.6 Å². The molecule has 17 heavy (non-hydrogen) atoms. The van der Waals surface area contributed by atoms with Crippen LogP contribution < -0.4 is 10.5 Å². The van der Waals surface area contributed by atoms with Crippen molar-refractivity contribution in [1.29, 1.82) is 0 Å². The number of hydrogen-bond donors (Lipinski definition) is 3. The third-order valence-electron chi connectivity index (χ3n) is 1.92. The Balaban J connectivity index is 4.73. The normalized spacial score (nSPS) is 16.2. The van der Waals surface area contributed by atoms with Gasteiger partial charge in [-0.15, -0.1) is 0 Å². The molecular weight excluding hydrogens is 265 g/mol. The minimum atomic E-state index is -4.66. The van der Waals surface area contributed by atoms with Gasteiger partial charge in [0.2, 0.25) is 0 Å². The lowest BCUT2D eigenvalue weighted by molar-refractivity contribution is -0.121. The van der Waals surface area contributed by atoms with Crippen LogP contribution in [-0.2, 0) is 10.2 Å². The van der Waals surface area contributed by atoms with Crippen molar-refractivity contribution < 1.29 is 26.8 Å². The Hall–Kier alpha value is -1.07. The highest BCUT2D eigenvalue weighted by molar-refractivity contribution is 7.87. The molecule has 0 aromatic rings. The first-order chi connectivity index (χ1) is 7.51. The smallest absolute Gasteiger partial charge is 0.402 e. The van der Waals surface area contributed by atoms with Gasteiger partial charge in [0.1, 0.15) is 6.54 Å². The Morgan fingerprint density at radius 3 is 2.41 bits per heavy atom. The number of alkyl halides is 3. The Morgan fingerprint density at radius 1 is 1.59 bits per heavy atom. The summed E-state index contributed by atoms with van der Waals surface area (Å²) in [6, 6.07) is -1.08. The maximum absolute atomic E-state index is 11.8. The van der Waals surface area contributed by atoms with Gasteiger partial charge in [0, 0.05) is 7.05 Å². The molecule has 0 rings (SSSR count). The molecule has 11 heteroatoms. The SMILES string of the molecule is CC(C(N)=NO)N(C)S(=O)(=O)NCC(F)(F)F. The predicted octanol–water partition coefficient (Wildman–Crippen LogP) is -0.550. The molecule has 0 aliphatic carbocycles. The monoisotopic (exact) mass is 278 g/mol. The number of amidine groups is 1. The van der Waals surface area contributed by atoms with Gasteiger partial charge in [0.05, 0.1) is 6.04 Å². The molecule has 1 atom stereocenters. The zero-order chi connectivity index (χ0) is 13.9. The Kier molecular flexibility index (Phi) is 5.16. The summed E-state index contributed by atoms with van der Waals surface area (Å²) in [5.41, 5.74) is 5.14. The molecule has 0 aliphatic heterocycles. The van der Waals surface area contributed by atoms with Crippen LogP contribution in [0.1, 0.15) is 6.92 Å². The largest absolute Gasteiger partial charge is 0.409 e. The van der Waals surface area contributed by atoms with Crippen molar-refractivity contribution in [1.82, 2.24) is 9.03 Å². The van der Waals surface area contributed by atoms with E-state index in [1.807, 2.05) is 0 Å². The van der Waals surface area contributed by atoms with Crippen LogP contribution in [0, 0.1) is 0 Å². The van der Waals surface area contributed by atoms with Crippen LogP contribution in [0.25, 0.3) is 0 Å². The first-order valence-electron chi connectivity index (χ1n) is 4.28.